The second-order valence-corrected chi connectivity index (χ2v) is 10.2. The van der Waals surface area contributed by atoms with Gasteiger partial charge in [-0.2, -0.15) is 0 Å². The highest BCUT2D eigenvalue weighted by Gasteiger charge is 2.55. The van der Waals surface area contributed by atoms with Crippen LogP contribution in [0.1, 0.15) is 30.4 Å². The van der Waals surface area contributed by atoms with Crippen molar-refractivity contribution in [3.63, 3.8) is 0 Å². The third kappa shape index (κ3) is 3.56. The summed E-state index contributed by atoms with van der Waals surface area (Å²) in [6, 6.07) is 18.6. The summed E-state index contributed by atoms with van der Waals surface area (Å²) in [7, 11) is -3.16. The standard InChI is InChI=1S/C22H27NO3S/c1-27(25,26)20-10-7-18(8-11-20)15-23-19-9-12-21(23)22(14-19,16-24)13-17-5-3-2-4-6-17/h2-8,10-11,19,21,24H,9,12-16H2,1H3/t19-,21+,22-/m0/s1. The third-order valence-electron chi connectivity index (χ3n) is 6.42. The van der Waals surface area contributed by atoms with Crippen LogP contribution in [0.15, 0.2) is 59.5 Å². The number of fused-ring (bicyclic) bond motifs is 2. The van der Waals surface area contributed by atoms with E-state index in [9.17, 15) is 13.5 Å². The van der Waals surface area contributed by atoms with E-state index in [1.165, 1.54) is 18.2 Å². The molecule has 2 saturated heterocycles. The molecule has 0 spiro atoms. The number of sulfone groups is 1. The molecular formula is C22H27NO3S. The molecule has 4 rings (SSSR count). The molecule has 4 nitrogen and oxygen atoms in total. The van der Waals surface area contributed by atoms with E-state index in [4.69, 9.17) is 0 Å². The number of hydrogen-bond donors (Lipinski definition) is 1. The van der Waals surface area contributed by atoms with Crippen molar-refractivity contribution in [2.24, 2.45) is 5.41 Å². The van der Waals surface area contributed by atoms with E-state index in [0.717, 1.165) is 31.4 Å². The molecule has 5 heteroatoms. The van der Waals surface area contributed by atoms with Crippen LogP contribution in [0.25, 0.3) is 0 Å². The summed E-state index contributed by atoms with van der Waals surface area (Å²) in [6.07, 6.45) is 5.49. The summed E-state index contributed by atoms with van der Waals surface area (Å²) in [5.74, 6) is 0. The predicted molar refractivity (Wildman–Crippen MR) is 106 cm³/mol. The van der Waals surface area contributed by atoms with Gasteiger partial charge in [0.25, 0.3) is 0 Å². The average molecular weight is 386 g/mol. The highest BCUT2D eigenvalue weighted by atomic mass is 32.2. The molecule has 2 heterocycles. The van der Waals surface area contributed by atoms with E-state index >= 15 is 0 Å². The lowest BCUT2D eigenvalue weighted by Gasteiger charge is -2.36. The predicted octanol–water partition coefficient (Wildman–Crippen LogP) is 3.05. The summed E-state index contributed by atoms with van der Waals surface area (Å²) in [5, 5.41) is 10.3. The lowest BCUT2D eigenvalue weighted by atomic mass is 9.70. The Labute approximate surface area is 161 Å². The maximum atomic E-state index is 11.7. The van der Waals surface area contributed by atoms with E-state index in [2.05, 4.69) is 29.2 Å². The molecule has 2 aromatic rings. The molecule has 2 aliphatic rings. The molecule has 1 N–H and O–H groups in total. The Bertz CT molecular complexity index is 895. The highest BCUT2D eigenvalue weighted by molar-refractivity contribution is 7.90. The Morgan fingerprint density at radius 2 is 1.74 bits per heavy atom. The van der Waals surface area contributed by atoms with Gasteiger partial charge in [0, 0.05) is 30.3 Å². The lowest BCUT2D eigenvalue weighted by molar-refractivity contribution is 0.0750. The van der Waals surface area contributed by atoms with Crippen LogP contribution in [-0.4, -0.2) is 43.4 Å². The van der Waals surface area contributed by atoms with Crippen molar-refractivity contribution in [3.05, 3.63) is 65.7 Å². The summed E-state index contributed by atoms with van der Waals surface area (Å²) in [4.78, 5) is 2.90. The Balaban J connectivity index is 1.53. The first-order chi connectivity index (χ1) is 12.9. The Morgan fingerprint density at radius 3 is 2.37 bits per heavy atom. The minimum absolute atomic E-state index is 0.0725. The van der Waals surface area contributed by atoms with Crippen molar-refractivity contribution in [2.75, 3.05) is 12.9 Å². The fourth-order valence-corrected chi connectivity index (χ4v) is 5.76. The molecule has 2 bridgehead atoms. The van der Waals surface area contributed by atoms with Crippen LogP contribution in [0.3, 0.4) is 0 Å². The van der Waals surface area contributed by atoms with Crippen molar-refractivity contribution in [3.8, 4) is 0 Å². The first-order valence-electron chi connectivity index (χ1n) is 9.61. The van der Waals surface area contributed by atoms with Gasteiger partial charge in [-0.15, -0.1) is 0 Å². The highest BCUT2D eigenvalue weighted by Crippen LogP contribution is 2.51. The van der Waals surface area contributed by atoms with Gasteiger partial charge >= 0.3 is 0 Å². The zero-order valence-electron chi connectivity index (χ0n) is 15.7. The van der Waals surface area contributed by atoms with Crippen molar-refractivity contribution >= 4 is 9.84 Å². The van der Waals surface area contributed by atoms with Gasteiger partial charge in [-0.1, -0.05) is 42.5 Å². The normalized spacial score (nSPS) is 27.9. The quantitative estimate of drug-likeness (QED) is 0.830. The molecule has 2 fully saturated rings. The second-order valence-electron chi connectivity index (χ2n) is 8.22. The third-order valence-corrected chi connectivity index (χ3v) is 7.55. The molecule has 0 amide bonds. The minimum atomic E-state index is -3.16. The van der Waals surface area contributed by atoms with Gasteiger partial charge in [0.1, 0.15) is 0 Å². The van der Waals surface area contributed by atoms with Crippen LogP contribution in [0.4, 0.5) is 0 Å². The Kier molecular flexibility index (Phi) is 4.87. The summed E-state index contributed by atoms with van der Waals surface area (Å²) in [5.41, 5.74) is 2.35. The monoisotopic (exact) mass is 385 g/mol. The van der Waals surface area contributed by atoms with Gasteiger partial charge in [0.05, 0.1) is 11.5 Å². The van der Waals surface area contributed by atoms with Gasteiger partial charge < -0.3 is 5.11 Å². The maximum absolute atomic E-state index is 11.7. The Morgan fingerprint density at radius 1 is 1.04 bits per heavy atom. The number of rotatable bonds is 6. The van der Waals surface area contributed by atoms with Crippen LogP contribution in [0, 0.1) is 5.41 Å². The Hall–Kier alpha value is -1.69. The van der Waals surface area contributed by atoms with Crippen molar-refractivity contribution in [1.29, 1.82) is 0 Å². The first-order valence-corrected chi connectivity index (χ1v) is 11.5. The molecule has 2 aromatic carbocycles. The molecule has 27 heavy (non-hydrogen) atoms. The van der Waals surface area contributed by atoms with Crippen molar-refractivity contribution in [2.45, 2.75) is 49.2 Å². The molecule has 3 atom stereocenters. The van der Waals surface area contributed by atoms with Crippen molar-refractivity contribution in [1.82, 2.24) is 4.90 Å². The van der Waals surface area contributed by atoms with Crippen LogP contribution in [0.2, 0.25) is 0 Å². The first kappa shape index (κ1) is 18.7. The number of hydrogen-bond acceptors (Lipinski definition) is 4. The SMILES string of the molecule is CS(=O)(=O)c1ccc(CN2[C@H]3CC[C@@H]2[C@@](CO)(Cc2ccccc2)C3)cc1. The van der Waals surface area contributed by atoms with Gasteiger partial charge in [0.15, 0.2) is 9.84 Å². The van der Waals surface area contributed by atoms with Crippen molar-refractivity contribution < 1.29 is 13.5 Å². The molecule has 0 radical (unpaired) electrons. The summed E-state index contributed by atoms with van der Waals surface area (Å²) < 4.78 is 23.3. The second kappa shape index (κ2) is 7.04. The lowest BCUT2D eigenvalue weighted by Crippen LogP contribution is -2.41. The topological polar surface area (TPSA) is 57.6 Å². The fourth-order valence-electron chi connectivity index (χ4n) is 5.13. The van der Waals surface area contributed by atoms with E-state index in [0.29, 0.717) is 17.0 Å². The largest absolute Gasteiger partial charge is 0.396 e. The van der Waals surface area contributed by atoms with Gasteiger partial charge in [-0.3, -0.25) is 4.90 Å². The number of nitrogens with zero attached hydrogens (tertiary/aromatic N) is 1. The zero-order valence-corrected chi connectivity index (χ0v) is 16.5. The van der Waals surface area contributed by atoms with E-state index < -0.39 is 9.84 Å². The van der Waals surface area contributed by atoms with Gasteiger partial charge in [-0.25, -0.2) is 8.42 Å². The molecule has 0 saturated carbocycles. The molecule has 2 aliphatic heterocycles. The van der Waals surface area contributed by atoms with Crippen LogP contribution in [0.5, 0.6) is 0 Å². The smallest absolute Gasteiger partial charge is 0.175 e. The molecular weight excluding hydrogens is 358 g/mol. The van der Waals surface area contributed by atoms with E-state index in [-0.39, 0.29) is 12.0 Å². The minimum Gasteiger partial charge on any atom is -0.396 e. The average Bonchev–Trinajstić information content (AvgIpc) is 3.17. The molecule has 0 aliphatic carbocycles. The van der Waals surface area contributed by atoms with Crippen LogP contribution >= 0.6 is 0 Å². The molecule has 0 aromatic heterocycles. The van der Waals surface area contributed by atoms with E-state index in [1.807, 2.05) is 18.2 Å². The number of aliphatic hydroxyl groups excluding tert-OH is 1. The number of aliphatic hydroxyl groups is 1. The molecule has 0 unspecified atom stereocenters. The fraction of sp³-hybridized carbons (Fsp3) is 0.455. The van der Waals surface area contributed by atoms with Gasteiger partial charge in [0.2, 0.25) is 0 Å². The maximum Gasteiger partial charge on any atom is 0.175 e. The van der Waals surface area contributed by atoms with E-state index in [1.54, 1.807) is 12.1 Å². The van der Waals surface area contributed by atoms with Crippen LogP contribution in [-0.2, 0) is 22.8 Å². The van der Waals surface area contributed by atoms with Gasteiger partial charge in [-0.05, 0) is 48.9 Å². The van der Waals surface area contributed by atoms with Crippen LogP contribution < -0.4 is 0 Å². The summed E-state index contributed by atoms with van der Waals surface area (Å²) >= 11 is 0. The number of benzene rings is 2. The molecule has 144 valence electrons. The summed E-state index contributed by atoms with van der Waals surface area (Å²) in [6.45, 7) is 1.03. The zero-order chi connectivity index (χ0) is 19.1.